The van der Waals surface area contributed by atoms with Gasteiger partial charge in [-0.15, -0.1) is 0 Å². The number of rotatable bonds is 4. The minimum Gasteiger partial charge on any atom is -0.481 e. The summed E-state index contributed by atoms with van der Waals surface area (Å²) in [4.78, 5) is 12.7. The summed E-state index contributed by atoms with van der Waals surface area (Å²) in [5.74, 6) is 0.655. The van der Waals surface area contributed by atoms with Crippen molar-refractivity contribution in [2.24, 2.45) is 5.92 Å². The highest BCUT2D eigenvalue weighted by Gasteiger charge is 2.44. The van der Waals surface area contributed by atoms with E-state index in [1.165, 1.54) is 0 Å². The van der Waals surface area contributed by atoms with E-state index in [9.17, 15) is 0 Å². The maximum Gasteiger partial charge on any atom is 0.317 e. The maximum absolute atomic E-state index is 6.47. The molecule has 1 saturated heterocycles. The molecular formula is C16H18BrClN4O2. The highest BCUT2D eigenvalue weighted by atomic mass is 79.9. The van der Waals surface area contributed by atoms with Crippen LogP contribution in [0.2, 0.25) is 5.02 Å². The molecule has 2 aromatic rings. The first kappa shape index (κ1) is 17.4. The molecule has 0 aromatic carbocycles. The monoisotopic (exact) mass is 412 g/mol. The molecule has 2 atom stereocenters. The molecule has 8 heteroatoms. The first-order chi connectivity index (χ1) is 11.5. The van der Waals surface area contributed by atoms with Crippen LogP contribution in [-0.2, 0) is 5.60 Å². The van der Waals surface area contributed by atoms with Crippen molar-refractivity contribution in [3.05, 3.63) is 39.7 Å². The minimum atomic E-state index is -0.646. The Morgan fingerprint density at radius 2 is 2.04 bits per heavy atom. The van der Waals surface area contributed by atoms with Gasteiger partial charge in [-0.05, 0) is 22.5 Å². The number of nitrogens with zero attached hydrogens (tertiary/aromatic N) is 3. The smallest absolute Gasteiger partial charge is 0.317 e. The molecule has 6 nitrogen and oxygen atoms in total. The second-order valence-corrected chi connectivity index (χ2v) is 7.06. The van der Waals surface area contributed by atoms with Crippen LogP contribution in [0.1, 0.15) is 18.9 Å². The Morgan fingerprint density at radius 1 is 1.29 bits per heavy atom. The van der Waals surface area contributed by atoms with E-state index in [0.29, 0.717) is 16.9 Å². The molecule has 3 heterocycles. The Kier molecular flexibility index (Phi) is 5.22. The Morgan fingerprint density at radius 3 is 2.71 bits per heavy atom. The van der Waals surface area contributed by atoms with Crippen molar-refractivity contribution < 1.29 is 9.47 Å². The van der Waals surface area contributed by atoms with E-state index in [1.54, 1.807) is 25.7 Å². The number of methoxy groups -OCH3 is 1. The van der Waals surface area contributed by atoms with Gasteiger partial charge in [0, 0.05) is 49.1 Å². The number of aromatic nitrogens is 3. The van der Waals surface area contributed by atoms with Crippen LogP contribution in [0, 0.1) is 5.92 Å². The molecule has 0 radical (unpaired) electrons. The zero-order valence-electron chi connectivity index (χ0n) is 13.4. The van der Waals surface area contributed by atoms with Crippen LogP contribution in [0.25, 0.3) is 0 Å². The van der Waals surface area contributed by atoms with Gasteiger partial charge in [-0.1, -0.05) is 18.5 Å². The molecule has 1 fully saturated rings. The molecule has 0 unspecified atom stereocenters. The van der Waals surface area contributed by atoms with Crippen LogP contribution < -0.4 is 14.8 Å². The van der Waals surface area contributed by atoms with Gasteiger partial charge in [0.15, 0.2) is 0 Å². The molecular weight excluding hydrogens is 396 g/mol. The van der Waals surface area contributed by atoms with E-state index in [0.717, 1.165) is 29.5 Å². The second-order valence-electron chi connectivity index (χ2n) is 5.74. The SMILES string of the molecule is COc1cc([C@@]2(Oc3ncc(Br)cn3)CCNC[C@H]2C)c(Cl)cn1. The fourth-order valence-electron chi connectivity index (χ4n) is 2.98. The van der Waals surface area contributed by atoms with Crippen molar-refractivity contribution in [2.45, 2.75) is 18.9 Å². The van der Waals surface area contributed by atoms with Crippen LogP contribution in [0.5, 0.6) is 11.9 Å². The first-order valence-electron chi connectivity index (χ1n) is 7.62. The lowest BCUT2D eigenvalue weighted by molar-refractivity contribution is -0.0215. The molecule has 0 bridgehead atoms. The fourth-order valence-corrected chi connectivity index (χ4v) is 3.45. The quantitative estimate of drug-likeness (QED) is 0.830. The average molecular weight is 414 g/mol. The molecule has 3 rings (SSSR count). The van der Waals surface area contributed by atoms with Crippen LogP contribution >= 0.6 is 27.5 Å². The van der Waals surface area contributed by atoms with Crippen molar-refractivity contribution in [1.82, 2.24) is 20.3 Å². The predicted octanol–water partition coefficient (Wildman–Crippen LogP) is 3.20. The predicted molar refractivity (Wildman–Crippen MR) is 94.5 cm³/mol. The molecule has 1 aliphatic rings. The summed E-state index contributed by atoms with van der Waals surface area (Å²) < 4.78 is 12.4. The Labute approximate surface area is 154 Å². The number of pyridine rings is 1. The van der Waals surface area contributed by atoms with Gasteiger partial charge < -0.3 is 14.8 Å². The summed E-state index contributed by atoms with van der Waals surface area (Å²) in [6.07, 6.45) is 5.66. The van der Waals surface area contributed by atoms with Crippen molar-refractivity contribution in [3.63, 3.8) is 0 Å². The topological polar surface area (TPSA) is 69.2 Å². The third-order valence-electron chi connectivity index (χ3n) is 4.29. The largest absolute Gasteiger partial charge is 0.481 e. The van der Waals surface area contributed by atoms with E-state index in [2.05, 4.69) is 43.1 Å². The molecule has 24 heavy (non-hydrogen) atoms. The molecule has 0 amide bonds. The van der Waals surface area contributed by atoms with Crippen molar-refractivity contribution in [3.8, 4) is 11.9 Å². The standard InChI is InChI=1S/C16H18BrClN4O2/c1-10-6-19-4-3-16(10,24-15-21-7-11(17)8-22-15)12-5-14(23-2)20-9-13(12)18/h5,7-10,19H,3-4,6H2,1-2H3/t10-,16-/m1/s1. The molecule has 0 aliphatic carbocycles. The lowest BCUT2D eigenvalue weighted by Crippen LogP contribution is -2.51. The Balaban J connectivity index is 2.07. The highest BCUT2D eigenvalue weighted by Crippen LogP contribution is 2.42. The second kappa shape index (κ2) is 7.21. The van der Waals surface area contributed by atoms with Gasteiger partial charge in [0.1, 0.15) is 5.60 Å². The molecule has 0 spiro atoms. The highest BCUT2D eigenvalue weighted by molar-refractivity contribution is 9.10. The van der Waals surface area contributed by atoms with Gasteiger partial charge in [0.2, 0.25) is 5.88 Å². The number of ether oxygens (including phenoxy) is 2. The van der Waals surface area contributed by atoms with Gasteiger partial charge >= 0.3 is 6.01 Å². The third-order valence-corrected chi connectivity index (χ3v) is 5.00. The van der Waals surface area contributed by atoms with Crippen molar-refractivity contribution in [1.29, 1.82) is 0 Å². The summed E-state index contributed by atoms with van der Waals surface area (Å²) in [5.41, 5.74) is 0.198. The first-order valence-corrected chi connectivity index (χ1v) is 8.79. The maximum atomic E-state index is 6.47. The van der Waals surface area contributed by atoms with Gasteiger partial charge in [0.25, 0.3) is 0 Å². The molecule has 2 aromatic heterocycles. The van der Waals surface area contributed by atoms with Crippen LogP contribution in [-0.4, -0.2) is 35.2 Å². The van der Waals surface area contributed by atoms with Crippen LogP contribution in [0.3, 0.4) is 0 Å². The molecule has 1 aliphatic heterocycles. The summed E-state index contributed by atoms with van der Waals surface area (Å²) in [6, 6.07) is 2.15. The van der Waals surface area contributed by atoms with E-state index >= 15 is 0 Å². The zero-order chi connectivity index (χ0) is 17.2. The molecule has 128 valence electrons. The van der Waals surface area contributed by atoms with Gasteiger partial charge in [-0.25, -0.2) is 15.0 Å². The number of hydrogen-bond donors (Lipinski definition) is 1. The summed E-state index contributed by atoms with van der Waals surface area (Å²) >= 11 is 9.80. The third kappa shape index (κ3) is 3.34. The van der Waals surface area contributed by atoms with E-state index < -0.39 is 5.60 Å². The van der Waals surface area contributed by atoms with Crippen LogP contribution in [0.15, 0.2) is 29.1 Å². The fraction of sp³-hybridized carbons (Fsp3) is 0.438. The zero-order valence-corrected chi connectivity index (χ0v) is 15.8. The van der Waals surface area contributed by atoms with E-state index in [4.69, 9.17) is 21.1 Å². The number of piperidine rings is 1. The minimum absolute atomic E-state index is 0.156. The summed E-state index contributed by atoms with van der Waals surface area (Å²) in [6.45, 7) is 3.73. The van der Waals surface area contributed by atoms with Crippen molar-refractivity contribution >= 4 is 27.5 Å². The number of hydrogen-bond acceptors (Lipinski definition) is 6. The average Bonchev–Trinajstić information content (AvgIpc) is 2.59. The van der Waals surface area contributed by atoms with Gasteiger partial charge in [0.05, 0.1) is 16.6 Å². The molecule has 0 saturated carbocycles. The normalized spacial score (nSPS) is 23.8. The molecule has 1 N–H and O–H groups in total. The van der Waals surface area contributed by atoms with Crippen molar-refractivity contribution in [2.75, 3.05) is 20.2 Å². The lowest BCUT2D eigenvalue weighted by atomic mass is 9.77. The van der Waals surface area contributed by atoms with Gasteiger partial charge in [-0.2, -0.15) is 0 Å². The van der Waals surface area contributed by atoms with Crippen LogP contribution in [0.4, 0.5) is 0 Å². The number of nitrogens with one attached hydrogen (secondary N) is 1. The summed E-state index contributed by atoms with van der Waals surface area (Å²) in [7, 11) is 1.58. The lowest BCUT2D eigenvalue weighted by Gasteiger charge is -2.42. The van der Waals surface area contributed by atoms with Gasteiger partial charge in [-0.3, -0.25) is 0 Å². The van der Waals surface area contributed by atoms with E-state index in [-0.39, 0.29) is 5.92 Å². The van der Waals surface area contributed by atoms with E-state index in [1.807, 2.05) is 6.07 Å². The Bertz CT molecular complexity index is 716. The number of halogens is 2. The summed E-state index contributed by atoms with van der Waals surface area (Å²) in [5, 5.41) is 3.93. The Hall–Kier alpha value is -1.44.